The van der Waals surface area contributed by atoms with Gasteiger partial charge in [0.15, 0.2) is 0 Å². The molecule has 0 radical (unpaired) electrons. The average molecular weight is 344 g/mol. The van der Waals surface area contributed by atoms with Crippen LogP contribution in [-0.2, 0) is 11.3 Å². The fraction of sp³-hybridized carbons (Fsp3) is 0.353. The third-order valence-electron chi connectivity index (χ3n) is 3.33. The first kappa shape index (κ1) is 17.9. The van der Waals surface area contributed by atoms with Crippen LogP contribution >= 0.6 is 11.8 Å². The summed E-state index contributed by atoms with van der Waals surface area (Å²) in [6.07, 6.45) is 0.347. The number of methoxy groups -OCH3 is 1. The number of nitrogens with zero attached hydrogens (tertiary/aromatic N) is 3. The zero-order valence-corrected chi connectivity index (χ0v) is 14.8. The van der Waals surface area contributed by atoms with E-state index >= 15 is 0 Å². The highest BCUT2D eigenvalue weighted by Gasteiger charge is 2.17. The number of thioether (sulfide) groups is 1. The van der Waals surface area contributed by atoms with Gasteiger partial charge in [0, 0.05) is 11.0 Å². The summed E-state index contributed by atoms with van der Waals surface area (Å²) in [5.74, 6) is 1.30. The van der Waals surface area contributed by atoms with Crippen molar-refractivity contribution in [2.45, 2.75) is 37.0 Å². The standard InChI is InChI=1S/C17H20N4O2S/c1-12-11-16(21(20-12)10-4-9-18)19-17(22)13(2)24-15-7-5-14(23-3)6-8-15/h5-8,11,13H,4,10H2,1-3H3,(H,19,22). The summed E-state index contributed by atoms with van der Waals surface area (Å²) in [6, 6.07) is 11.5. The molecule has 0 saturated carbocycles. The van der Waals surface area contributed by atoms with Crippen LogP contribution in [0.4, 0.5) is 5.82 Å². The highest BCUT2D eigenvalue weighted by atomic mass is 32.2. The molecule has 0 spiro atoms. The van der Waals surface area contributed by atoms with Gasteiger partial charge < -0.3 is 10.1 Å². The first-order chi connectivity index (χ1) is 11.5. The third kappa shape index (κ3) is 4.77. The van der Waals surface area contributed by atoms with Crippen molar-refractivity contribution in [3.63, 3.8) is 0 Å². The van der Waals surface area contributed by atoms with Crippen molar-refractivity contribution in [1.29, 1.82) is 5.26 Å². The summed E-state index contributed by atoms with van der Waals surface area (Å²) >= 11 is 1.47. The monoisotopic (exact) mass is 344 g/mol. The molecule has 2 aromatic rings. The number of ether oxygens (including phenoxy) is 1. The Hall–Kier alpha value is -2.46. The van der Waals surface area contributed by atoms with Gasteiger partial charge in [-0.05, 0) is 38.1 Å². The number of aromatic nitrogens is 2. The van der Waals surface area contributed by atoms with Crippen LogP contribution in [0.5, 0.6) is 5.75 Å². The minimum atomic E-state index is -0.266. The first-order valence-corrected chi connectivity index (χ1v) is 8.44. The summed E-state index contributed by atoms with van der Waals surface area (Å²) < 4.78 is 6.78. The van der Waals surface area contributed by atoms with Gasteiger partial charge in [0.2, 0.25) is 5.91 Å². The number of aryl methyl sites for hydroxylation is 2. The van der Waals surface area contributed by atoms with Gasteiger partial charge in [-0.2, -0.15) is 10.4 Å². The Morgan fingerprint density at radius 1 is 1.46 bits per heavy atom. The number of hydrogen-bond acceptors (Lipinski definition) is 5. The van der Waals surface area contributed by atoms with Crippen LogP contribution in [0.1, 0.15) is 19.0 Å². The maximum atomic E-state index is 12.4. The summed E-state index contributed by atoms with van der Waals surface area (Å²) in [7, 11) is 1.62. The van der Waals surface area contributed by atoms with Crippen molar-refractivity contribution in [2.24, 2.45) is 0 Å². The van der Waals surface area contributed by atoms with E-state index in [0.717, 1.165) is 16.3 Å². The van der Waals surface area contributed by atoms with Gasteiger partial charge >= 0.3 is 0 Å². The summed E-state index contributed by atoms with van der Waals surface area (Å²) in [5.41, 5.74) is 0.804. The maximum Gasteiger partial charge on any atom is 0.238 e. The van der Waals surface area contributed by atoms with Crippen molar-refractivity contribution in [3.8, 4) is 11.8 Å². The van der Waals surface area contributed by atoms with Gasteiger partial charge in [-0.1, -0.05) is 0 Å². The Bertz CT molecular complexity index is 734. The molecule has 0 fully saturated rings. The largest absolute Gasteiger partial charge is 0.497 e. The van der Waals surface area contributed by atoms with Gasteiger partial charge in [0.25, 0.3) is 0 Å². The number of rotatable bonds is 7. The number of nitriles is 1. The van der Waals surface area contributed by atoms with Gasteiger partial charge in [-0.3, -0.25) is 4.79 Å². The van der Waals surface area contributed by atoms with Crippen LogP contribution in [0.2, 0.25) is 0 Å². The molecule has 0 saturated heterocycles. The van der Waals surface area contributed by atoms with Crippen LogP contribution in [0.15, 0.2) is 35.2 Å². The molecule has 0 aliphatic rings. The summed E-state index contributed by atoms with van der Waals surface area (Å²) in [4.78, 5) is 13.4. The van der Waals surface area contributed by atoms with Gasteiger partial charge in [0.05, 0.1) is 37.1 Å². The van der Waals surface area contributed by atoms with Crippen molar-refractivity contribution in [2.75, 3.05) is 12.4 Å². The zero-order valence-electron chi connectivity index (χ0n) is 13.9. The second kappa shape index (κ2) is 8.41. The van der Waals surface area contributed by atoms with Gasteiger partial charge in [-0.15, -0.1) is 11.8 Å². The van der Waals surface area contributed by atoms with E-state index < -0.39 is 0 Å². The molecule has 6 nitrogen and oxygen atoms in total. The summed E-state index contributed by atoms with van der Waals surface area (Å²) in [5, 5.41) is 15.6. The lowest BCUT2D eigenvalue weighted by Gasteiger charge is -2.13. The lowest BCUT2D eigenvalue weighted by molar-refractivity contribution is -0.115. The van der Waals surface area contributed by atoms with Crippen molar-refractivity contribution >= 4 is 23.5 Å². The first-order valence-electron chi connectivity index (χ1n) is 7.56. The SMILES string of the molecule is COc1ccc(SC(C)C(=O)Nc2cc(C)nn2CCC#N)cc1. The Balaban J connectivity index is 1.99. The van der Waals surface area contributed by atoms with E-state index in [0.29, 0.717) is 18.8 Å². The van der Waals surface area contributed by atoms with E-state index in [4.69, 9.17) is 10.00 Å². The molecule has 126 valence electrons. The van der Waals surface area contributed by atoms with E-state index in [9.17, 15) is 4.79 Å². The molecule has 1 unspecified atom stereocenters. The predicted octanol–water partition coefficient (Wildman–Crippen LogP) is 3.23. The quantitative estimate of drug-likeness (QED) is 0.780. The molecule has 7 heteroatoms. The minimum Gasteiger partial charge on any atom is -0.497 e. The number of hydrogen-bond donors (Lipinski definition) is 1. The molecule has 0 aliphatic carbocycles. The van der Waals surface area contributed by atoms with Crippen molar-refractivity contribution in [3.05, 3.63) is 36.0 Å². The number of benzene rings is 1. The lowest BCUT2D eigenvalue weighted by atomic mass is 10.3. The van der Waals surface area contributed by atoms with Crippen LogP contribution < -0.4 is 10.1 Å². The smallest absolute Gasteiger partial charge is 0.238 e. The second-order valence-corrected chi connectivity index (χ2v) is 6.64. The predicted molar refractivity (Wildman–Crippen MR) is 94.1 cm³/mol. The fourth-order valence-corrected chi connectivity index (χ4v) is 2.98. The van der Waals surface area contributed by atoms with Crippen LogP contribution in [0.3, 0.4) is 0 Å². The zero-order chi connectivity index (χ0) is 17.5. The van der Waals surface area contributed by atoms with Crippen molar-refractivity contribution in [1.82, 2.24) is 9.78 Å². The number of anilines is 1. The number of carbonyl (C=O) groups is 1. The number of amides is 1. The highest BCUT2D eigenvalue weighted by Crippen LogP contribution is 2.26. The molecule has 1 atom stereocenters. The molecule has 0 bridgehead atoms. The van der Waals surface area contributed by atoms with Crippen LogP contribution in [-0.4, -0.2) is 28.0 Å². The van der Waals surface area contributed by atoms with E-state index in [2.05, 4.69) is 16.5 Å². The Morgan fingerprint density at radius 3 is 2.79 bits per heavy atom. The van der Waals surface area contributed by atoms with E-state index in [1.165, 1.54) is 11.8 Å². The average Bonchev–Trinajstić information content (AvgIpc) is 2.92. The fourth-order valence-electron chi connectivity index (χ4n) is 2.11. The van der Waals surface area contributed by atoms with Crippen LogP contribution in [0.25, 0.3) is 0 Å². The second-order valence-electron chi connectivity index (χ2n) is 5.23. The molecular formula is C17H20N4O2S. The topological polar surface area (TPSA) is 79.9 Å². The summed E-state index contributed by atoms with van der Waals surface area (Å²) in [6.45, 7) is 4.17. The maximum absolute atomic E-state index is 12.4. The molecule has 24 heavy (non-hydrogen) atoms. The lowest BCUT2D eigenvalue weighted by Crippen LogP contribution is -2.24. The molecule has 0 aliphatic heterocycles. The van der Waals surface area contributed by atoms with E-state index in [1.807, 2.05) is 38.1 Å². The normalized spacial score (nSPS) is 11.6. The molecule has 1 aromatic heterocycles. The molecule has 2 rings (SSSR count). The number of carbonyl (C=O) groups excluding carboxylic acids is 1. The van der Waals surface area contributed by atoms with E-state index in [-0.39, 0.29) is 11.2 Å². The molecular weight excluding hydrogens is 324 g/mol. The third-order valence-corrected chi connectivity index (χ3v) is 4.44. The Kier molecular flexibility index (Phi) is 6.27. The Labute approximate surface area is 145 Å². The molecule has 1 aromatic carbocycles. The van der Waals surface area contributed by atoms with Gasteiger partial charge in [-0.25, -0.2) is 4.68 Å². The van der Waals surface area contributed by atoms with Crippen LogP contribution in [0, 0.1) is 18.3 Å². The van der Waals surface area contributed by atoms with Gasteiger partial charge in [0.1, 0.15) is 11.6 Å². The molecule has 1 N–H and O–H groups in total. The Morgan fingerprint density at radius 2 is 2.17 bits per heavy atom. The van der Waals surface area contributed by atoms with E-state index in [1.54, 1.807) is 17.9 Å². The number of nitrogens with one attached hydrogen (secondary N) is 1. The molecule has 1 amide bonds. The molecule has 1 heterocycles. The highest BCUT2D eigenvalue weighted by molar-refractivity contribution is 8.00. The minimum absolute atomic E-state index is 0.103. The van der Waals surface area contributed by atoms with Crippen molar-refractivity contribution < 1.29 is 9.53 Å².